The Kier molecular flexibility index (Phi) is 4.68. The smallest absolute Gasteiger partial charge is 0.163 e. The van der Waals surface area contributed by atoms with E-state index in [0.29, 0.717) is 6.10 Å². The second-order valence-corrected chi connectivity index (χ2v) is 4.78. The summed E-state index contributed by atoms with van der Waals surface area (Å²) in [5.41, 5.74) is 0.848. The van der Waals surface area contributed by atoms with E-state index in [1.165, 1.54) is 0 Å². The lowest BCUT2D eigenvalue weighted by Gasteiger charge is -2.08. The van der Waals surface area contributed by atoms with Gasteiger partial charge in [0.15, 0.2) is 5.65 Å². The van der Waals surface area contributed by atoms with Gasteiger partial charge in [0.1, 0.15) is 12.1 Å². The Morgan fingerprint density at radius 1 is 1.32 bits per heavy atom. The van der Waals surface area contributed by atoms with Crippen LogP contribution in [-0.4, -0.2) is 39.0 Å². The largest absolute Gasteiger partial charge is 0.379 e. The Hall–Kier alpha value is -1.69. The highest BCUT2D eigenvalue weighted by atomic mass is 16.5. The summed E-state index contributed by atoms with van der Waals surface area (Å²) in [5, 5.41) is 8.48. The molecule has 2 aromatic heterocycles. The minimum Gasteiger partial charge on any atom is -0.379 e. The first-order valence-electron chi connectivity index (χ1n) is 6.66. The van der Waals surface area contributed by atoms with E-state index in [1.54, 1.807) is 17.2 Å². The monoisotopic (exact) mass is 263 g/mol. The van der Waals surface area contributed by atoms with Crippen LogP contribution in [-0.2, 0) is 11.8 Å². The molecule has 2 heterocycles. The molecule has 0 aliphatic heterocycles. The van der Waals surface area contributed by atoms with E-state index in [-0.39, 0.29) is 0 Å². The van der Waals surface area contributed by atoms with Crippen LogP contribution in [0.5, 0.6) is 0 Å². The summed E-state index contributed by atoms with van der Waals surface area (Å²) in [7, 11) is 1.88. The Balaban J connectivity index is 1.82. The zero-order valence-corrected chi connectivity index (χ0v) is 11.8. The van der Waals surface area contributed by atoms with Gasteiger partial charge in [-0.05, 0) is 26.7 Å². The molecule has 0 bridgehead atoms. The van der Waals surface area contributed by atoms with Crippen molar-refractivity contribution in [2.45, 2.75) is 32.8 Å². The molecule has 0 aliphatic carbocycles. The summed E-state index contributed by atoms with van der Waals surface area (Å²) in [6, 6.07) is 0. The summed E-state index contributed by atoms with van der Waals surface area (Å²) in [5.74, 6) is 0.850. The lowest BCUT2D eigenvalue weighted by molar-refractivity contribution is 0.0765. The highest BCUT2D eigenvalue weighted by Gasteiger charge is 2.06. The summed E-state index contributed by atoms with van der Waals surface area (Å²) in [6.07, 6.45) is 5.77. The number of aryl methyl sites for hydroxylation is 1. The highest BCUT2D eigenvalue weighted by Crippen LogP contribution is 2.17. The molecule has 0 atom stereocenters. The standard InChI is InChI=1S/C13H21N5O/c1-10(2)19-7-5-4-6-14-12-11-8-17-18(3)13(11)16-9-15-12/h8-10H,4-7H2,1-3H3,(H,14,15,16). The highest BCUT2D eigenvalue weighted by molar-refractivity contribution is 5.85. The van der Waals surface area contributed by atoms with Crippen LogP contribution in [0.2, 0.25) is 0 Å². The second-order valence-electron chi connectivity index (χ2n) is 4.78. The number of hydrogen-bond donors (Lipinski definition) is 1. The SMILES string of the molecule is CC(C)OCCCCNc1ncnc2c1cnn2C. The number of hydrogen-bond acceptors (Lipinski definition) is 5. The van der Waals surface area contributed by atoms with Gasteiger partial charge in [0, 0.05) is 20.2 Å². The van der Waals surface area contributed by atoms with Crippen LogP contribution < -0.4 is 5.32 Å². The van der Waals surface area contributed by atoms with E-state index in [0.717, 1.165) is 42.8 Å². The van der Waals surface area contributed by atoms with Crippen molar-refractivity contribution < 1.29 is 4.74 Å². The summed E-state index contributed by atoms with van der Waals surface area (Å²) in [6.45, 7) is 5.80. The van der Waals surface area contributed by atoms with Gasteiger partial charge < -0.3 is 10.1 Å². The molecule has 0 radical (unpaired) electrons. The van der Waals surface area contributed by atoms with Crippen molar-refractivity contribution in [1.82, 2.24) is 19.7 Å². The zero-order valence-electron chi connectivity index (χ0n) is 11.8. The first-order chi connectivity index (χ1) is 9.18. The molecule has 6 heteroatoms. The Bertz CT molecular complexity index is 523. The van der Waals surface area contributed by atoms with Gasteiger partial charge in [-0.2, -0.15) is 5.10 Å². The lowest BCUT2D eigenvalue weighted by atomic mass is 10.3. The fourth-order valence-corrected chi connectivity index (χ4v) is 1.86. The topological polar surface area (TPSA) is 64.9 Å². The van der Waals surface area contributed by atoms with Gasteiger partial charge in [0.05, 0.1) is 17.7 Å². The quantitative estimate of drug-likeness (QED) is 0.774. The van der Waals surface area contributed by atoms with Crippen molar-refractivity contribution in [2.75, 3.05) is 18.5 Å². The van der Waals surface area contributed by atoms with Crippen LogP contribution in [0.1, 0.15) is 26.7 Å². The molecule has 0 amide bonds. The number of unbranched alkanes of at least 4 members (excludes halogenated alkanes) is 1. The average molecular weight is 263 g/mol. The molecule has 0 saturated carbocycles. The van der Waals surface area contributed by atoms with Gasteiger partial charge in [0.2, 0.25) is 0 Å². The van der Waals surface area contributed by atoms with Crippen molar-refractivity contribution in [3.8, 4) is 0 Å². The van der Waals surface area contributed by atoms with Gasteiger partial charge >= 0.3 is 0 Å². The Labute approximate surface area is 113 Å². The minimum atomic E-state index is 0.310. The molecule has 0 fully saturated rings. The number of anilines is 1. The maximum absolute atomic E-state index is 5.50. The van der Waals surface area contributed by atoms with Crippen LogP contribution in [0.3, 0.4) is 0 Å². The number of ether oxygens (including phenoxy) is 1. The van der Waals surface area contributed by atoms with E-state index < -0.39 is 0 Å². The van der Waals surface area contributed by atoms with Crippen molar-refractivity contribution in [1.29, 1.82) is 0 Å². The van der Waals surface area contributed by atoms with Crippen LogP contribution >= 0.6 is 0 Å². The fraction of sp³-hybridized carbons (Fsp3) is 0.615. The molecule has 19 heavy (non-hydrogen) atoms. The van der Waals surface area contributed by atoms with Crippen molar-refractivity contribution in [3.63, 3.8) is 0 Å². The van der Waals surface area contributed by atoms with Gasteiger partial charge in [-0.25, -0.2) is 9.97 Å². The first kappa shape index (κ1) is 13.7. The van der Waals surface area contributed by atoms with Crippen LogP contribution in [0, 0.1) is 0 Å². The molecule has 2 rings (SSSR count). The third-order valence-electron chi connectivity index (χ3n) is 2.84. The summed E-state index contributed by atoms with van der Waals surface area (Å²) < 4.78 is 7.25. The van der Waals surface area contributed by atoms with E-state index in [9.17, 15) is 0 Å². The lowest BCUT2D eigenvalue weighted by Crippen LogP contribution is -2.08. The van der Waals surface area contributed by atoms with E-state index in [4.69, 9.17) is 4.74 Å². The predicted molar refractivity (Wildman–Crippen MR) is 75.1 cm³/mol. The van der Waals surface area contributed by atoms with Gasteiger partial charge in [-0.15, -0.1) is 0 Å². The summed E-state index contributed by atoms with van der Waals surface area (Å²) >= 11 is 0. The normalized spacial score (nSPS) is 11.4. The van der Waals surface area contributed by atoms with E-state index in [1.807, 2.05) is 7.05 Å². The Morgan fingerprint density at radius 2 is 2.16 bits per heavy atom. The van der Waals surface area contributed by atoms with E-state index in [2.05, 4.69) is 34.2 Å². The molecule has 0 aliphatic rings. The molecular formula is C13H21N5O. The number of aromatic nitrogens is 4. The van der Waals surface area contributed by atoms with Gasteiger partial charge in [-0.3, -0.25) is 4.68 Å². The Morgan fingerprint density at radius 3 is 2.95 bits per heavy atom. The van der Waals surface area contributed by atoms with Crippen molar-refractivity contribution >= 4 is 16.9 Å². The third kappa shape index (κ3) is 3.64. The number of nitrogens with one attached hydrogen (secondary N) is 1. The second kappa shape index (κ2) is 6.47. The molecule has 0 spiro atoms. The zero-order chi connectivity index (χ0) is 13.7. The van der Waals surface area contributed by atoms with Crippen molar-refractivity contribution in [3.05, 3.63) is 12.5 Å². The fourth-order valence-electron chi connectivity index (χ4n) is 1.86. The van der Waals surface area contributed by atoms with Crippen LogP contribution in [0.25, 0.3) is 11.0 Å². The molecule has 0 saturated heterocycles. The predicted octanol–water partition coefficient (Wildman–Crippen LogP) is 1.98. The number of rotatable bonds is 7. The molecule has 2 aromatic rings. The van der Waals surface area contributed by atoms with Gasteiger partial charge in [-0.1, -0.05) is 0 Å². The van der Waals surface area contributed by atoms with E-state index >= 15 is 0 Å². The summed E-state index contributed by atoms with van der Waals surface area (Å²) in [4.78, 5) is 8.47. The molecular weight excluding hydrogens is 242 g/mol. The molecule has 1 N–H and O–H groups in total. The maximum atomic E-state index is 5.50. The maximum Gasteiger partial charge on any atom is 0.163 e. The molecule has 104 valence electrons. The average Bonchev–Trinajstić information content (AvgIpc) is 2.76. The third-order valence-corrected chi connectivity index (χ3v) is 2.84. The molecule has 0 unspecified atom stereocenters. The van der Waals surface area contributed by atoms with Crippen LogP contribution in [0.4, 0.5) is 5.82 Å². The van der Waals surface area contributed by atoms with Crippen LogP contribution in [0.15, 0.2) is 12.5 Å². The van der Waals surface area contributed by atoms with Gasteiger partial charge in [0.25, 0.3) is 0 Å². The number of nitrogens with zero attached hydrogens (tertiary/aromatic N) is 4. The molecule has 0 aromatic carbocycles. The number of fused-ring (bicyclic) bond motifs is 1. The van der Waals surface area contributed by atoms with Crippen molar-refractivity contribution in [2.24, 2.45) is 7.05 Å². The first-order valence-corrected chi connectivity index (χ1v) is 6.66. The molecule has 6 nitrogen and oxygen atoms in total. The minimum absolute atomic E-state index is 0.310.